The van der Waals surface area contributed by atoms with Crippen LogP contribution >= 0.6 is 12.9 Å². The van der Waals surface area contributed by atoms with Crippen molar-refractivity contribution in [2.45, 2.75) is 0 Å². The van der Waals surface area contributed by atoms with Crippen LogP contribution in [0.3, 0.4) is 0 Å². The molecule has 3 rings (SSSR count). The second-order valence-electron chi connectivity index (χ2n) is 4.17. The van der Waals surface area contributed by atoms with Crippen molar-refractivity contribution in [1.29, 1.82) is 0 Å². The zero-order chi connectivity index (χ0) is 13.8. The molecule has 3 aromatic rings. The maximum atomic E-state index is 5.06. The molecule has 0 saturated carbocycles. The van der Waals surface area contributed by atoms with Crippen LogP contribution in [0, 0.1) is 6.07 Å². The molecule has 0 amide bonds. The van der Waals surface area contributed by atoms with Gasteiger partial charge in [0.2, 0.25) is 0 Å². The number of thiol groups is 1. The van der Waals surface area contributed by atoms with Gasteiger partial charge in [-0.05, 0) is 18.2 Å². The van der Waals surface area contributed by atoms with Crippen molar-refractivity contribution in [3.8, 4) is 5.75 Å². The molecule has 0 unspecified atom stereocenters. The topological polar surface area (TPSA) is 34.0 Å². The van der Waals surface area contributed by atoms with Gasteiger partial charge in [-0.2, -0.15) is 0 Å². The summed E-state index contributed by atoms with van der Waals surface area (Å²) in [6.07, 6.45) is 0. The number of nitrogens with zero attached hydrogens (tertiary/aromatic N) is 2. The van der Waals surface area contributed by atoms with Gasteiger partial charge in [-0.3, -0.25) is 0 Å². The molecule has 0 bridgehead atoms. The Morgan fingerprint density at radius 3 is 2.33 bits per heavy atom. The minimum atomic E-state index is 0. The first-order chi connectivity index (χ1) is 9.88. The molecule has 0 spiro atoms. The molecule has 0 aliphatic rings. The van der Waals surface area contributed by atoms with Crippen molar-refractivity contribution >= 4 is 64.6 Å². The third-order valence-corrected chi connectivity index (χ3v) is 3.11. The molecule has 0 fully saturated rings. The minimum absolute atomic E-state index is 0. The Morgan fingerprint density at radius 1 is 0.857 bits per heavy atom. The molecule has 3 aromatic carbocycles. The standard InChI is InChI=1S/C16H11N2OS.Na.H/c20-19-16-11-10-15(13-8-4-5-9-14(13)16)18-17-12-6-2-1-3-7-12;;/h1-6,8-11,20H;;. The Labute approximate surface area is 151 Å². The molecule has 0 aliphatic carbocycles. The van der Waals surface area contributed by atoms with Crippen molar-refractivity contribution in [3.05, 3.63) is 66.7 Å². The van der Waals surface area contributed by atoms with Crippen LogP contribution in [0.2, 0.25) is 0 Å². The Balaban J connectivity index is 0.00000161. The second-order valence-corrected chi connectivity index (χ2v) is 4.35. The van der Waals surface area contributed by atoms with Gasteiger partial charge in [0.05, 0.1) is 11.4 Å². The van der Waals surface area contributed by atoms with Crippen LogP contribution in [0.15, 0.2) is 70.9 Å². The number of fused-ring (bicyclic) bond motifs is 1. The second kappa shape index (κ2) is 7.61. The molecular formula is C16H12N2NaOS. The molecule has 0 N–H and O–H groups in total. The predicted octanol–water partition coefficient (Wildman–Crippen LogP) is 4.63. The van der Waals surface area contributed by atoms with Gasteiger partial charge in [0.1, 0.15) is 5.75 Å². The Kier molecular flexibility index (Phi) is 5.82. The zero-order valence-corrected chi connectivity index (χ0v) is 11.4. The monoisotopic (exact) mass is 303 g/mol. The molecule has 0 aliphatic heterocycles. The van der Waals surface area contributed by atoms with Gasteiger partial charge < -0.3 is 4.18 Å². The molecular weight excluding hydrogens is 291 g/mol. The van der Waals surface area contributed by atoms with Crippen molar-refractivity contribution in [3.63, 3.8) is 0 Å². The van der Waals surface area contributed by atoms with Crippen LogP contribution in [0.25, 0.3) is 10.8 Å². The van der Waals surface area contributed by atoms with E-state index in [2.05, 4.69) is 29.2 Å². The predicted molar refractivity (Wildman–Crippen MR) is 90.2 cm³/mol. The van der Waals surface area contributed by atoms with Crippen LogP contribution in [0.5, 0.6) is 5.75 Å². The summed E-state index contributed by atoms with van der Waals surface area (Å²) in [5.41, 5.74) is 1.48. The van der Waals surface area contributed by atoms with Crippen molar-refractivity contribution in [2.24, 2.45) is 10.2 Å². The molecule has 0 aromatic heterocycles. The number of hydrogen-bond acceptors (Lipinski definition) is 4. The van der Waals surface area contributed by atoms with Gasteiger partial charge in [0, 0.05) is 29.7 Å². The van der Waals surface area contributed by atoms with E-state index in [4.69, 9.17) is 4.18 Å². The van der Waals surface area contributed by atoms with Gasteiger partial charge in [-0.25, -0.2) is 0 Å². The molecule has 5 heteroatoms. The fraction of sp³-hybridized carbons (Fsp3) is 0. The van der Waals surface area contributed by atoms with E-state index in [1.165, 1.54) is 0 Å². The van der Waals surface area contributed by atoms with Crippen LogP contribution < -0.4 is 4.18 Å². The number of hydrogen-bond donors (Lipinski definition) is 1. The number of rotatable bonds is 3. The van der Waals surface area contributed by atoms with Crippen molar-refractivity contribution in [1.82, 2.24) is 0 Å². The van der Waals surface area contributed by atoms with E-state index in [1.54, 1.807) is 0 Å². The summed E-state index contributed by atoms with van der Waals surface area (Å²) in [6.45, 7) is 0. The Hall–Kier alpha value is -1.33. The molecule has 3 nitrogen and oxygen atoms in total. The van der Waals surface area contributed by atoms with Gasteiger partial charge in [-0.1, -0.05) is 42.5 Å². The van der Waals surface area contributed by atoms with Crippen LogP contribution in [-0.4, -0.2) is 29.6 Å². The summed E-state index contributed by atoms with van der Waals surface area (Å²) < 4.78 is 5.06. The van der Waals surface area contributed by atoms with Gasteiger partial charge >= 0.3 is 29.6 Å². The fourth-order valence-corrected chi connectivity index (χ4v) is 2.14. The molecule has 1 radical (unpaired) electrons. The molecule has 0 saturated heterocycles. The first-order valence-electron chi connectivity index (χ1n) is 6.10. The van der Waals surface area contributed by atoms with E-state index in [0.717, 1.165) is 16.5 Å². The van der Waals surface area contributed by atoms with E-state index in [-0.39, 0.29) is 29.6 Å². The molecule has 0 heterocycles. The zero-order valence-electron chi connectivity index (χ0n) is 10.5. The Morgan fingerprint density at radius 2 is 1.62 bits per heavy atom. The van der Waals surface area contributed by atoms with Crippen LogP contribution in [0.1, 0.15) is 0 Å². The van der Waals surface area contributed by atoms with Gasteiger partial charge in [0.15, 0.2) is 0 Å². The third kappa shape index (κ3) is 3.66. The summed E-state index contributed by atoms with van der Waals surface area (Å²) in [5, 5.41) is 10.4. The van der Waals surface area contributed by atoms with E-state index in [1.807, 2.05) is 60.7 Å². The van der Waals surface area contributed by atoms with E-state index >= 15 is 0 Å². The van der Waals surface area contributed by atoms with E-state index < -0.39 is 0 Å². The molecule has 0 atom stereocenters. The number of azo groups is 1. The van der Waals surface area contributed by atoms with Gasteiger partial charge in [0.25, 0.3) is 0 Å². The molecule has 99 valence electrons. The van der Waals surface area contributed by atoms with E-state index in [0.29, 0.717) is 11.4 Å². The quantitative estimate of drug-likeness (QED) is 0.325. The average molecular weight is 303 g/mol. The van der Waals surface area contributed by atoms with Crippen LogP contribution in [0.4, 0.5) is 11.4 Å². The fourth-order valence-electron chi connectivity index (χ4n) is 1.98. The first kappa shape index (κ1) is 16.0. The van der Waals surface area contributed by atoms with E-state index in [9.17, 15) is 0 Å². The van der Waals surface area contributed by atoms with Crippen LogP contribution in [-0.2, 0) is 0 Å². The summed E-state index contributed by atoms with van der Waals surface area (Å²) in [7, 11) is 0. The summed E-state index contributed by atoms with van der Waals surface area (Å²) in [4.78, 5) is 0. The average Bonchev–Trinajstić information content (AvgIpc) is 2.53. The van der Waals surface area contributed by atoms with Crippen molar-refractivity contribution in [2.75, 3.05) is 0 Å². The summed E-state index contributed by atoms with van der Waals surface area (Å²) in [6, 6.07) is 22.0. The Bertz CT molecular complexity index is 763. The number of benzene rings is 3. The first-order valence-corrected chi connectivity index (χ1v) is 6.46. The normalized spacial score (nSPS) is 10.5. The van der Waals surface area contributed by atoms with Gasteiger partial charge in [-0.15, -0.1) is 10.2 Å². The summed E-state index contributed by atoms with van der Waals surface area (Å²) in [5.74, 6) is 0.703. The summed E-state index contributed by atoms with van der Waals surface area (Å²) >= 11 is 3.87. The SMILES string of the molecule is SOc1ccc(N=Nc2[c]cccc2)c2ccccc12.[NaH]. The molecule has 21 heavy (non-hydrogen) atoms. The maximum absolute atomic E-state index is 5.06. The van der Waals surface area contributed by atoms with Crippen molar-refractivity contribution < 1.29 is 4.18 Å². The third-order valence-electron chi connectivity index (χ3n) is 2.92.